The minimum Gasteiger partial charge on any atom is -0.388 e. The predicted molar refractivity (Wildman–Crippen MR) is 82.0 cm³/mol. The summed E-state index contributed by atoms with van der Waals surface area (Å²) in [7, 11) is 1.88. The summed E-state index contributed by atoms with van der Waals surface area (Å²) in [6, 6.07) is 7.58. The summed E-state index contributed by atoms with van der Waals surface area (Å²) in [6.45, 7) is 6.32. The molecule has 1 aromatic carbocycles. The van der Waals surface area contributed by atoms with Gasteiger partial charge >= 0.3 is 0 Å². The first-order valence-corrected chi connectivity index (χ1v) is 7.11. The van der Waals surface area contributed by atoms with Crippen LogP contribution >= 0.6 is 11.6 Å². The Hall–Kier alpha value is -1.32. The van der Waals surface area contributed by atoms with Crippen LogP contribution in [-0.4, -0.2) is 14.9 Å². The maximum Gasteiger partial charge on any atom is 0.0863 e. The van der Waals surface area contributed by atoms with Crippen molar-refractivity contribution in [3.63, 3.8) is 0 Å². The number of aliphatic hydroxyl groups is 1. The summed E-state index contributed by atoms with van der Waals surface area (Å²) in [5.74, 6) is 0. The lowest BCUT2D eigenvalue weighted by Crippen LogP contribution is -2.17. The third-order valence-corrected chi connectivity index (χ3v) is 3.52. The number of aryl methyl sites for hydroxylation is 1. The van der Waals surface area contributed by atoms with Crippen LogP contribution in [0.25, 0.3) is 0 Å². The SMILES string of the molecule is Cn1cc(C(O)Cc2ccc(Cl)cc2)c(C(C)(C)C)n1. The van der Waals surface area contributed by atoms with Crippen molar-refractivity contribution in [1.29, 1.82) is 0 Å². The lowest BCUT2D eigenvalue weighted by molar-refractivity contribution is 0.176. The molecule has 0 aliphatic carbocycles. The fourth-order valence-corrected chi connectivity index (χ4v) is 2.41. The second kappa shape index (κ2) is 5.58. The first kappa shape index (κ1) is 15.1. The van der Waals surface area contributed by atoms with Crippen molar-refractivity contribution < 1.29 is 5.11 Å². The molecule has 0 aliphatic rings. The molecule has 2 aromatic rings. The van der Waals surface area contributed by atoms with E-state index in [0.29, 0.717) is 11.4 Å². The number of aromatic nitrogens is 2. The van der Waals surface area contributed by atoms with E-state index in [-0.39, 0.29) is 5.41 Å². The van der Waals surface area contributed by atoms with Crippen LogP contribution < -0.4 is 0 Å². The molecule has 1 aromatic heterocycles. The van der Waals surface area contributed by atoms with E-state index < -0.39 is 6.10 Å². The zero-order valence-corrected chi connectivity index (χ0v) is 13.1. The largest absolute Gasteiger partial charge is 0.388 e. The third-order valence-electron chi connectivity index (χ3n) is 3.27. The summed E-state index contributed by atoms with van der Waals surface area (Å²) in [5.41, 5.74) is 2.82. The quantitative estimate of drug-likeness (QED) is 0.938. The van der Waals surface area contributed by atoms with E-state index in [1.165, 1.54) is 0 Å². The van der Waals surface area contributed by atoms with Crippen molar-refractivity contribution >= 4 is 11.6 Å². The molecule has 20 heavy (non-hydrogen) atoms. The van der Waals surface area contributed by atoms with Crippen LogP contribution in [0.5, 0.6) is 0 Å². The van der Waals surface area contributed by atoms with Gasteiger partial charge in [0.05, 0.1) is 11.8 Å². The highest BCUT2D eigenvalue weighted by Gasteiger charge is 2.25. The van der Waals surface area contributed by atoms with Crippen molar-refractivity contribution in [2.24, 2.45) is 7.05 Å². The second-order valence-electron chi connectivity index (χ2n) is 6.20. The zero-order chi connectivity index (χ0) is 14.9. The maximum atomic E-state index is 10.5. The Balaban J connectivity index is 2.25. The maximum absolute atomic E-state index is 10.5. The Bertz CT molecular complexity index is 582. The topological polar surface area (TPSA) is 38.0 Å². The molecule has 4 heteroatoms. The Kier molecular flexibility index (Phi) is 4.21. The highest BCUT2D eigenvalue weighted by molar-refractivity contribution is 6.30. The van der Waals surface area contributed by atoms with Crippen LogP contribution in [0.4, 0.5) is 0 Å². The molecule has 1 N–H and O–H groups in total. The van der Waals surface area contributed by atoms with E-state index in [1.54, 1.807) is 4.68 Å². The first-order valence-electron chi connectivity index (χ1n) is 6.74. The summed E-state index contributed by atoms with van der Waals surface area (Å²) >= 11 is 5.88. The Morgan fingerprint density at radius 2 is 1.85 bits per heavy atom. The van der Waals surface area contributed by atoms with Gasteiger partial charge in [-0.25, -0.2) is 0 Å². The lowest BCUT2D eigenvalue weighted by Gasteiger charge is -2.20. The fraction of sp³-hybridized carbons (Fsp3) is 0.438. The molecule has 0 aliphatic heterocycles. The van der Waals surface area contributed by atoms with Gasteiger partial charge in [-0.1, -0.05) is 44.5 Å². The van der Waals surface area contributed by atoms with Crippen LogP contribution in [-0.2, 0) is 18.9 Å². The van der Waals surface area contributed by atoms with Crippen molar-refractivity contribution in [2.75, 3.05) is 0 Å². The molecule has 0 bridgehead atoms. The van der Waals surface area contributed by atoms with E-state index in [0.717, 1.165) is 16.8 Å². The number of hydrogen-bond acceptors (Lipinski definition) is 2. The number of rotatable bonds is 3. The number of nitrogens with zero attached hydrogens (tertiary/aromatic N) is 2. The van der Waals surface area contributed by atoms with E-state index >= 15 is 0 Å². The molecule has 0 radical (unpaired) electrons. The molecule has 0 saturated heterocycles. The van der Waals surface area contributed by atoms with Crippen molar-refractivity contribution in [3.05, 3.63) is 52.3 Å². The molecule has 3 nitrogen and oxygen atoms in total. The minimum atomic E-state index is -0.556. The number of benzene rings is 1. The van der Waals surface area contributed by atoms with Crippen molar-refractivity contribution in [1.82, 2.24) is 9.78 Å². The zero-order valence-electron chi connectivity index (χ0n) is 12.4. The normalized spacial score (nSPS) is 13.5. The molecule has 2 rings (SSSR count). The van der Waals surface area contributed by atoms with Gasteiger partial charge in [0.2, 0.25) is 0 Å². The summed E-state index contributed by atoms with van der Waals surface area (Å²) in [5, 5.41) is 15.7. The van der Waals surface area contributed by atoms with Crippen LogP contribution in [0.15, 0.2) is 30.5 Å². The average Bonchev–Trinajstić information content (AvgIpc) is 2.74. The Labute approximate surface area is 125 Å². The molecule has 0 spiro atoms. The van der Waals surface area contributed by atoms with Gasteiger partial charge in [0.15, 0.2) is 0 Å². The standard InChI is InChI=1S/C16H21ClN2O/c1-16(2,3)15-13(10-19(4)18-15)14(20)9-11-5-7-12(17)8-6-11/h5-8,10,14,20H,9H2,1-4H3. The van der Waals surface area contributed by atoms with Gasteiger partial charge in [-0.2, -0.15) is 5.10 Å². The van der Waals surface area contributed by atoms with Crippen molar-refractivity contribution in [3.8, 4) is 0 Å². The van der Waals surface area contributed by atoms with Crippen LogP contribution in [0, 0.1) is 0 Å². The van der Waals surface area contributed by atoms with Gasteiger partial charge in [0.1, 0.15) is 0 Å². The molecule has 1 atom stereocenters. The molecular weight excluding hydrogens is 272 g/mol. The fourth-order valence-electron chi connectivity index (χ4n) is 2.29. The third kappa shape index (κ3) is 3.41. The molecule has 0 saturated carbocycles. The molecule has 0 amide bonds. The molecule has 108 valence electrons. The second-order valence-corrected chi connectivity index (χ2v) is 6.64. The van der Waals surface area contributed by atoms with Gasteiger partial charge in [-0.15, -0.1) is 0 Å². The van der Waals surface area contributed by atoms with Gasteiger partial charge in [-0.3, -0.25) is 4.68 Å². The van der Waals surface area contributed by atoms with Crippen LogP contribution in [0.1, 0.15) is 43.7 Å². The van der Waals surface area contributed by atoms with Gasteiger partial charge < -0.3 is 5.11 Å². The van der Waals surface area contributed by atoms with E-state index in [4.69, 9.17) is 11.6 Å². The lowest BCUT2D eigenvalue weighted by atomic mass is 9.87. The summed E-state index contributed by atoms with van der Waals surface area (Å²) in [4.78, 5) is 0. The minimum absolute atomic E-state index is 0.0857. The smallest absolute Gasteiger partial charge is 0.0863 e. The highest BCUT2D eigenvalue weighted by atomic mass is 35.5. The van der Waals surface area contributed by atoms with E-state index in [9.17, 15) is 5.11 Å². The summed E-state index contributed by atoms with van der Waals surface area (Å²) < 4.78 is 1.76. The Morgan fingerprint density at radius 3 is 2.40 bits per heavy atom. The van der Waals surface area contributed by atoms with Gasteiger partial charge in [0.25, 0.3) is 0 Å². The molecule has 1 unspecified atom stereocenters. The first-order chi connectivity index (χ1) is 9.27. The molecule has 0 fully saturated rings. The number of hydrogen-bond donors (Lipinski definition) is 1. The number of halogens is 1. The summed E-state index contributed by atoms with van der Waals surface area (Å²) in [6.07, 6.45) is 1.91. The Morgan fingerprint density at radius 1 is 1.25 bits per heavy atom. The van der Waals surface area contributed by atoms with Crippen LogP contribution in [0.3, 0.4) is 0 Å². The molecule has 1 heterocycles. The van der Waals surface area contributed by atoms with E-state index in [1.807, 2.05) is 37.5 Å². The van der Waals surface area contributed by atoms with Gasteiger partial charge in [0, 0.05) is 35.7 Å². The van der Waals surface area contributed by atoms with E-state index in [2.05, 4.69) is 25.9 Å². The number of aliphatic hydroxyl groups excluding tert-OH is 1. The average molecular weight is 293 g/mol. The monoisotopic (exact) mass is 292 g/mol. The van der Waals surface area contributed by atoms with Crippen LogP contribution in [0.2, 0.25) is 5.02 Å². The molecular formula is C16H21ClN2O. The van der Waals surface area contributed by atoms with Crippen molar-refractivity contribution in [2.45, 2.75) is 38.7 Å². The predicted octanol–water partition coefficient (Wildman–Crippen LogP) is 3.65. The highest BCUT2D eigenvalue weighted by Crippen LogP contribution is 2.30. The van der Waals surface area contributed by atoms with Gasteiger partial charge in [-0.05, 0) is 17.7 Å².